The van der Waals surface area contributed by atoms with Crippen molar-refractivity contribution in [1.29, 1.82) is 0 Å². The number of nitrogens with one attached hydrogen (secondary N) is 1. The van der Waals surface area contributed by atoms with Gasteiger partial charge in [-0.1, -0.05) is 35.9 Å². The number of carbonyl (C=O) groups excluding carboxylic acids is 1. The lowest BCUT2D eigenvalue weighted by atomic mass is 9.83. The normalized spacial score (nSPS) is 11.0. The van der Waals surface area contributed by atoms with Crippen LogP contribution in [0.1, 0.15) is 25.0 Å². The van der Waals surface area contributed by atoms with Crippen LogP contribution in [0.15, 0.2) is 42.5 Å². The first-order chi connectivity index (χ1) is 11.4. The fourth-order valence-electron chi connectivity index (χ4n) is 2.39. The molecule has 24 heavy (non-hydrogen) atoms. The van der Waals surface area contributed by atoms with E-state index in [1.807, 2.05) is 50.2 Å². The minimum Gasteiger partial charge on any atom is -0.493 e. The monoisotopic (exact) mass is 347 g/mol. The summed E-state index contributed by atoms with van der Waals surface area (Å²) in [6.45, 7) is 4.13. The van der Waals surface area contributed by atoms with Crippen molar-refractivity contribution < 1.29 is 14.3 Å². The van der Waals surface area contributed by atoms with Gasteiger partial charge in [-0.2, -0.15) is 0 Å². The standard InChI is InChI=1S/C19H22ClNO3/c1-19(2,14-9-10-16(23-3)17(11-14)24-4)18(22)21-12-13-7-5-6-8-15(13)20/h5-11H,12H2,1-4H3,(H,21,22). The molecule has 5 heteroatoms. The van der Waals surface area contributed by atoms with E-state index >= 15 is 0 Å². The first-order valence-electron chi connectivity index (χ1n) is 7.64. The summed E-state index contributed by atoms with van der Waals surface area (Å²) in [5.41, 5.74) is 1.01. The van der Waals surface area contributed by atoms with Crippen molar-refractivity contribution in [3.63, 3.8) is 0 Å². The highest BCUT2D eigenvalue weighted by Crippen LogP contribution is 2.33. The van der Waals surface area contributed by atoms with Crippen molar-refractivity contribution >= 4 is 17.5 Å². The van der Waals surface area contributed by atoms with Crippen LogP contribution in [0.2, 0.25) is 5.02 Å². The van der Waals surface area contributed by atoms with Gasteiger partial charge in [-0.3, -0.25) is 4.79 Å². The molecule has 0 saturated carbocycles. The summed E-state index contributed by atoms with van der Waals surface area (Å²) < 4.78 is 10.6. The van der Waals surface area contributed by atoms with Crippen molar-refractivity contribution in [1.82, 2.24) is 5.32 Å². The van der Waals surface area contributed by atoms with Crippen molar-refractivity contribution in [2.24, 2.45) is 0 Å². The van der Waals surface area contributed by atoms with E-state index in [0.29, 0.717) is 23.1 Å². The summed E-state index contributed by atoms with van der Waals surface area (Å²) in [5.74, 6) is 1.14. The van der Waals surface area contributed by atoms with Gasteiger partial charge < -0.3 is 14.8 Å². The van der Waals surface area contributed by atoms with E-state index in [4.69, 9.17) is 21.1 Å². The van der Waals surface area contributed by atoms with Gasteiger partial charge >= 0.3 is 0 Å². The van der Waals surface area contributed by atoms with Gasteiger partial charge in [0.1, 0.15) is 0 Å². The van der Waals surface area contributed by atoms with Crippen LogP contribution in [0.3, 0.4) is 0 Å². The lowest BCUT2D eigenvalue weighted by molar-refractivity contribution is -0.125. The average Bonchev–Trinajstić information content (AvgIpc) is 2.59. The zero-order valence-electron chi connectivity index (χ0n) is 14.4. The van der Waals surface area contributed by atoms with Crippen LogP contribution >= 0.6 is 11.6 Å². The predicted octanol–water partition coefficient (Wildman–Crippen LogP) is 3.95. The summed E-state index contributed by atoms with van der Waals surface area (Å²) >= 11 is 6.13. The third-order valence-electron chi connectivity index (χ3n) is 4.07. The summed E-state index contributed by atoms with van der Waals surface area (Å²) in [7, 11) is 3.16. The van der Waals surface area contributed by atoms with Gasteiger partial charge in [-0.15, -0.1) is 0 Å². The maximum absolute atomic E-state index is 12.7. The summed E-state index contributed by atoms with van der Waals surface area (Å²) in [4.78, 5) is 12.7. The number of carbonyl (C=O) groups is 1. The number of halogens is 1. The Balaban J connectivity index is 2.17. The molecule has 2 aromatic rings. The number of amides is 1. The quantitative estimate of drug-likeness (QED) is 0.860. The Labute approximate surface area is 147 Å². The Morgan fingerprint density at radius 2 is 1.75 bits per heavy atom. The van der Waals surface area contributed by atoms with Crippen LogP contribution in [0, 0.1) is 0 Å². The lowest BCUT2D eigenvalue weighted by Gasteiger charge is -2.25. The van der Waals surface area contributed by atoms with Crippen LogP contribution in [0.25, 0.3) is 0 Å². The highest BCUT2D eigenvalue weighted by atomic mass is 35.5. The molecule has 0 fully saturated rings. The predicted molar refractivity (Wildman–Crippen MR) is 95.9 cm³/mol. The van der Waals surface area contributed by atoms with E-state index in [0.717, 1.165) is 11.1 Å². The summed E-state index contributed by atoms with van der Waals surface area (Å²) in [5, 5.41) is 3.59. The molecule has 0 heterocycles. The number of ether oxygens (including phenoxy) is 2. The van der Waals surface area contributed by atoms with Crippen LogP contribution in [-0.4, -0.2) is 20.1 Å². The van der Waals surface area contributed by atoms with Crippen molar-refractivity contribution in [3.8, 4) is 11.5 Å². The molecule has 2 rings (SSSR count). The van der Waals surface area contributed by atoms with Gasteiger partial charge in [0.15, 0.2) is 11.5 Å². The molecule has 1 amide bonds. The molecule has 0 spiro atoms. The molecule has 0 unspecified atom stereocenters. The molecular formula is C19H22ClNO3. The minimum atomic E-state index is -0.721. The van der Waals surface area contributed by atoms with Gasteiger partial charge in [0, 0.05) is 11.6 Å². The van der Waals surface area contributed by atoms with Gasteiger partial charge in [-0.25, -0.2) is 0 Å². The lowest BCUT2D eigenvalue weighted by Crippen LogP contribution is -2.39. The zero-order chi connectivity index (χ0) is 17.7. The fraction of sp³-hybridized carbons (Fsp3) is 0.316. The molecule has 0 atom stereocenters. The maximum Gasteiger partial charge on any atom is 0.230 e. The van der Waals surface area contributed by atoms with Crippen LogP contribution in [-0.2, 0) is 16.8 Å². The van der Waals surface area contributed by atoms with E-state index in [1.54, 1.807) is 20.3 Å². The van der Waals surface area contributed by atoms with Gasteiger partial charge in [-0.05, 0) is 43.2 Å². The van der Waals surface area contributed by atoms with E-state index in [-0.39, 0.29) is 5.91 Å². The average molecular weight is 348 g/mol. The molecule has 0 aliphatic heterocycles. The molecular weight excluding hydrogens is 326 g/mol. The van der Waals surface area contributed by atoms with E-state index in [1.165, 1.54) is 0 Å². The van der Waals surface area contributed by atoms with Crippen molar-refractivity contribution in [2.75, 3.05) is 14.2 Å². The molecule has 0 bridgehead atoms. The maximum atomic E-state index is 12.7. The number of hydrogen-bond donors (Lipinski definition) is 1. The fourth-order valence-corrected chi connectivity index (χ4v) is 2.60. The van der Waals surface area contributed by atoms with Crippen molar-refractivity contribution in [2.45, 2.75) is 25.8 Å². The second-order valence-corrected chi connectivity index (χ2v) is 6.38. The van der Waals surface area contributed by atoms with Crippen LogP contribution in [0.4, 0.5) is 0 Å². The second kappa shape index (κ2) is 7.58. The SMILES string of the molecule is COc1ccc(C(C)(C)C(=O)NCc2ccccc2Cl)cc1OC. The first kappa shape index (κ1) is 18.1. The largest absolute Gasteiger partial charge is 0.493 e. The molecule has 0 aliphatic carbocycles. The first-order valence-corrected chi connectivity index (χ1v) is 8.02. The Hall–Kier alpha value is -2.20. The third kappa shape index (κ3) is 3.82. The van der Waals surface area contributed by atoms with Gasteiger partial charge in [0.25, 0.3) is 0 Å². The molecule has 2 aromatic carbocycles. The second-order valence-electron chi connectivity index (χ2n) is 5.97. The van der Waals surface area contributed by atoms with E-state index in [9.17, 15) is 4.79 Å². The molecule has 0 radical (unpaired) electrons. The van der Waals surface area contributed by atoms with Crippen LogP contribution in [0.5, 0.6) is 11.5 Å². The molecule has 128 valence electrons. The highest BCUT2D eigenvalue weighted by molar-refractivity contribution is 6.31. The molecule has 0 aromatic heterocycles. The van der Waals surface area contributed by atoms with E-state index < -0.39 is 5.41 Å². The zero-order valence-corrected chi connectivity index (χ0v) is 15.1. The Morgan fingerprint density at radius 1 is 1.08 bits per heavy atom. The Kier molecular flexibility index (Phi) is 5.73. The number of rotatable bonds is 6. The molecule has 1 N–H and O–H groups in total. The summed E-state index contributed by atoms with van der Waals surface area (Å²) in [6.07, 6.45) is 0. The van der Waals surface area contributed by atoms with Crippen LogP contribution < -0.4 is 14.8 Å². The number of methoxy groups -OCH3 is 2. The minimum absolute atomic E-state index is 0.0883. The molecule has 0 aliphatic rings. The summed E-state index contributed by atoms with van der Waals surface area (Å²) in [6, 6.07) is 13.0. The number of hydrogen-bond acceptors (Lipinski definition) is 3. The van der Waals surface area contributed by atoms with Gasteiger partial charge in [0.2, 0.25) is 5.91 Å². The molecule has 0 saturated heterocycles. The number of benzene rings is 2. The highest BCUT2D eigenvalue weighted by Gasteiger charge is 2.30. The topological polar surface area (TPSA) is 47.6 Å². The Bertz CT molecular complexity index is 728. The van der Waals surface area contributed by atoms with E-state index in [2.05, 4.69) is 5.32 Å². The van der Waals surface area contributed by atoms with Gasteiger partial charge in [0.05, 0.1) is 19.6 Å². The molecule has 4 nitrogen and oxygen atoms in total. The smallest absolute Gasteiger partial charge is 0.230 e. The van der Waals surface area contributed by atoms with Crippen molar-refractivity contribution in [3.05, 3.63) is 58.6 Å². The Morgan fingerprint density at radius 3 is 2.38 bits per heavy atom. The third-order valence-corrected chi connectivity index (χ3v) is 4.44.